The third-order valence-corrected chi connectivity index (χ3v) is 7.84. The van der Waals surface area contributed by atoms with Crippen LogP contribution >= 0.6 is 15.9 Å². The highest BCUT2D eigenvalue weighted by Crippen LogP contribution is 2.54. The van der Waals surface area contributed by atoms with Gasteiger partial charge in [-0.3, -0.25) is 14.4 Å². The van der Waals surface area contributed by atoms with Crippen LogP contribution in [-0.4, -0.2) is 60.3 Å². The van der Waals surface area contributed by atoms with Gasteiger partial charge in [0.2, 0.25) is 0 Å². The van der Waals surface area contributed by atoms with E-state index in [2.05, 4.69) is 38.1 Å². The van der Waals surface area contributed by atoms with Crippen LogP contribution in [0.2, 0.25) is 0 Å². The van der Waals surface area contributed by atoms with Crippen LogP contribution in [0.5, 0.6) is 5.75 Å². The van der Waals surface area contributed by atoms with Crippen molar-refractivity contribution < 1.29 is 27.9 Å². The van der Waals surface area contributed by atoms with E-state index in [1.165, 1.54) is 39.6 Å². The highest BCUT2D eigenvalue weighted by molar-refractivity contribution is 9.10. The van der Waals surface area contributed by atoms with E-state index < -0.39 is 18.4 Å². The normalized spacial score (nSPS) is 19.2. The van der Waals surface area contributed by atoms with Crippen LogP contribution in [0.1, 0.15) is 39.9 Å². The van der Waals surface area contributed by atoms with Crippen molar-refractivity contribution in [3.05, 3.63) is 100 Å². The van der Waals surface area contributed by atoms with Gasteiger partial charge < -0.3 is 19.9 Å². The fraction of sp³-hybridized carbons (Fsp3) is 0.300. The Kier molecular flexibility index (Phi) is 8.44. The molecule has 0 radical (unpaired) electrons. The number of alkyl halides is 2. The van der Waals surface area contributed by atoms with E-state index in [0.717, 1.165) is 16.5 Å². The highest BCUT2D eigenvalue weighted by atomic mass is 79.9. The lowest BCUT2D eigenvalue weighted by molar-refractivity contribution is -0.147. The number of amides is 3. The first-order valence-electron chi connectivity index (χ1n) is 13.0. The summed E-state index contributed by atoms with van der Waals surface area (Å²) in [5, 5.41) is 2.99. The average molecular weight is 612 g/mol. The van der Waals surface area contributed by atoms with Crippen molar-refractivity contribution in [2.24, 2.45) is 5.92 Å². The zero-order chi connectivity index (χ0) is 28.2. The molecule has 0 spiro atoms. The number of nitrogens with one attached hydrogen (secondary N) is 1. The molecule has 2 fully saturated rings. The summed E-state index contributed by atoms with van der Waals surface area (Å²) in [4.78, 5) is 42.1. The van der Waals surface area contributed by atoms with E-state index in [9.17, 15) is 23.2 Å². The van der Waals surface area contributed by atoms with E-state index in [4.69, 9.17) is 0 Å². The molecule has 1 N–H and O–H groups in total. The number of carbonyl (C=O) groups excluding carboxylic acids is 3. The number of carbonyl (C=O) groups is 3. The molecule has 3 atom stereocenters. The maximum absolute atomic E-state index is 13.2. The zero-order valence-corrected chi connectivity index (χ0v) is 23.1. The van der Waals surface area contributed by atoms with Crippen molar-refractivity contribution in [2.75, 3.05) is 26.2 Å². The fourth-order valence-electron chi connectivity index (χ4n) is 5.25. The van der Waals surface area contributed by atoms with Crippen molar-refractivity contribution in [3.63, 3.8) is 0 Å². The number of nitrogens with zero attached hydrogens (tertiary/aromatic N) is 2. The second-order valence-electron chi connectivity index (χ2n) is 9.91. The van der Waals surface area contributed by atoms with E-state index in [1.54, 1.807) is 0 Å². The van der Waals surface area contributed by atoms with Crippen LogP contribution in [0, 0.1) is 5.92 Å². The van der Waals surface area contributed by atoms with Gasteiger partial charge >= 0.3 is 18.4 Å². The first kappa shape index (κ1) is 27.8. The molecule has 0 bridgehead atoms. The lowest BCUT2D eigenvalue weighted by Crippen LogP contribution is -2.54. The predicted molar refractivity (Wildman–Crippen MR) is 148 cm³/mol. The number of benzene rings is 3. The monoisotopic (exact) mass is 611 g/mol. The van der Waals surface area contributed by atoms with Gasteiger partial charge in [-0.05, 0) is 59.7 Å². The van der Waals surface area contributed by atoms with Gasteiger partial charge in [0.25, 0.3) is 5.91 Å². The first-order valence-corrected chi connectivity index (χ1v) is 13.8. The van der Waals surface area contributed by atoms with Gasteiger partial charge in [-0.25, -0.2) is 0 Å². The molecule has 208 valence electrons. The van der Waals surface area contributed by atoms with Gasteiger partial charge in [-0.2, -0.15) is 8.78 Å². The minimum atomic E-state index is -2.99. The Morgan fingerprint density at radius 3 is 2.27 bits per heavy atom. The van der Waals surface area contributed by atoms with Gasteiger partial charge in [0.15, 0.2) is 0 Å². The van der Waals surface area contributed by atoms with Crippen LogP contribution in [0.15, 0.2) is 83.3 Å². The van der Waals surface area contributed by atoms with Gasteiger partial charge in [-0.15, -0.1) is 0 Å². The van der Waals surface area contributed by atoms with Crippen molar-refractivity contribution >= 4 is 33.7 Å². The van der Waals surface area contributed by atoms with Crippen molar-refractivity contribution in [2.45, 2.75) is 25.0 Å². The molecule has 1 saturated carbocycles. The molecule has 3 aromatic rings. The molecule has 3 aromatic carbocycles. The predicted octanol–water partition coefficient (Wildman–Crippen LogP) is 5.00. The van der Waals surface area contributed by atoms with Crippen LogP contribution in [0.25, 0.3) is 0 Å². The lowest BCUT2D eigenvalue weighted by atomic mass is 9.98. The minimum absolute atomic E-state index is 0.0999. The van der Waals surface area contributed by atoms with E-state index >= 15 is 0 Å². The topological polar surface area (TPSA) is 79.0 Å². The third-order valence-electron chi connectivity index (χ3n) is 7.34. The molecule has 1 heterocycles. The van der Waals surface area contributed by atoms with Crippen LogP contribution in [0.4, 0.5) is 8.78 Å². The summed E-state index contributed by atoms with van der Waals surface area (Å²) in [6.07, 6.45) is 0.898. The number of hydrogen-bond acceptors (Lipinski definition) is 4. The molecular weight excluding hydrogens is 584 g/mol. The maximum Gasteiger partial charge on any atom is 0.387 e. The quantitative estimate of drug-likeness (QED) is 0.382. The van der Waals surface area contributed by atoms with Gasteiger partial charge in [0.05, 0.1) is 6.04 Å². The molecule has 7 nitrogen and oxygen atoms in total. The van der Waals surface area contributed by atoms with Crippen molar-refractivity contribution in [1.82, 2.24) is 15.1 Å². The molecule has 3 amide bonds. The summed E-state index contributed by atoms with van der Waals surface area (Å²) >= 11 is 3.52. The first-order chi connectivity index (χ1) is 19.3. The second kappa shape index (κ2) is 12.2. The Balaban J connectivity index is 1.20. The molecule has 1 saturated heterocycles. The molecule has 5 rings (SSSR count). The van der Waals surface area contributed by atoms with Gasteiger partial charge in [-0.1, -0.05) is 64.5 Å². The SMILES string of the molecule is O=C(NC(c1ccccc1)C1CC1c1cccc(Br)c1)C(=O)N1CCN(C(=O)c2cccc(OC(F)F)c2)CC1. The number of ether oxygens (including phenoxy) is 1. The van der Waals surface area contributed by atoms with Gasteiger partial charge in [0.1, 0.15) is 5.75 Å². The third kappa shape index (κ3) is 6.50. The summed E-state index contributed by atoms with van der Waals surface area (Å²) in [5.74, 6) is -1.33. The summed E-state index contributed by atoms with van der Waals surface area (Å²) in [6, 6.07) is 23.1. The zero-order valence-electron chi connectivity index (χ0n) is 21.5. The largest absolute Gasteiger partial charge is 0.435 e. The standard InChI is InChI=1S/C30H28BrF2N3O4/c31-22-10-4-8-20(16-22)24-18-25(24)26(19-6-2-1-3-7-19)34-27(37)29(39)36-14-12-35(13-15-36)28(38)21-9-5-11-23(17-21)40-30(32)33/h1-11,16-17,24-26,30H,12-15,18H2,(H,34,37). The van der Waals surface area contributed by atoms with Crippen molar-refractivity contribution in [1.29, 1.82) is 0 Å². The summed E-state index contributed by atoms with van der Waals surface area (Å²) in [7, 11) is 0. The number of hydrogen-bond donors (Lipinski definition) is 1. The van der Waals surface area contributed by atoms with Gasteiger partial charge in [0, 0.05) is 36.2 Å². The number of piperazine rings is 1. The molecule has 40 heavy (non-hydrogen) atoms. The Bertz CT molecular complexity index is 1380. The maximum atomic E-state index is 13.2. The number of rotatable bonds is 7. The Hall–Kier alpha value is -3.79. The van der Waals surface area contributed by atoms with E-state index in [0.29, 0.717) is 0 Å². The smallest absolute Gasteiger partial charge is 0.387 e. The molecule has 3 unspecified atom stereocenters. The Morgan fingerprint density at radius 1 is 0.875 bits per heavy atom. The van der Waals surface area contributed by atoms with Crippen LogP contribution in [0.3, 0.4) is 0 Å². The fourth-order valence-corrected chi connectivity index (χ4v) is 5.67. The summed E-state index contributed by atoms with van der Waals surface area (Å²) < 4.78 is 30.5. The lowest BCUT2D eigenvalue weighted by Gasteiger charge is -2.34. The molecule has 10 heteroatoms. The summed E-state index contributed by atoms with van der Waals surface area (Å²) in [6.45, 7) is -2.18. The van der Waals surface area contributed by atoms with Crippen LogP contribution in [-0.2, 0) is 9.59 Å². The highest BCUT2D eigenvalue weighted by Gasteiger charge is 2.45. The molecule has 2 aliphatic rings. The Morgan fingerprint density at radius 2 is 1.57 bits per heavy atom. The molecule has 1 aliphatic heterocycles. The Labute approximate surface area is 239 Å². The van der Waals surface area contributed by atoms with E-state index in [1.807, 2.05) is 42.5 Å². The van der Waals surface area contributed by atoms with Crippen LogP contribution < -0.4 is 10.1 Å². The van der Waals surface area contributed by atoms with Crippen molar-refractivity contribution in [3.8, 4) is 5.75 Å². The number of halogens is 3. The average Bonchev–Trinajstić information content (AvgIpc) is 3.76. The molecule has 1 aliphatic carbocycles. The van der Waals surface area contributed by atoms with E-state index in [-0.39, 0.29) is 61.3 Å². The summed E-state index contributed by atoms with van der Waals surface area (Å²) in [5.41, 5.74) is 2.35. The molecule has 0 aromatic heterocycles. The minimum Gasteiger partial charge on any atom is -0.435 e. The molecular formula is C30H28BrF2N3O4. The second-order valence-corrected chi connectivity index (χ2v) is 10.8.